The Morgan fingerprint density at radius 2 is 2.15 bits per heavy atom. The molecule has 0 aliphatic carbocycles. The summed E-state index contributed by atoms with van der Waals surface area (Å²) in [5.74, 6) is 0.0658. The summed E-state index contributed by atoms with van der Waals surface area (Å²) >= 11 is 9.24. The molecule has 3 nitrogen and oxygen atoms in total. The van der Waals surface area contributed by atoms with Crippen molar-refractivity contribution in [2.45, 2.75) is 6.54 Å². The lowest BCUT2D eigenvalue weighted by Gasteiger charge is -2.01. The summed E-state index contributed by atoms with van der Waals surface area (Å²) in [6, 6.07) is 5.54. The monoisotopic (exact) mass is 261 g/mol. The maximum Gasteiger partial charge on any atom is 0.186 e. The number of hydrogen-bond acceptors (Lipinski definition) is 1. The third kappa shape index (κ3) is 3.24. The Kier molecular flexibility index (Phi) is 3.57. The summed E-state index contributed by atoms with van der Waals surface area (Å²) in [6.45, 7) is 0.403. The molecule has 0 aliphatic rings. The molecular formula is C8H9BrClN3. The minimum absolute atomic E-state index is 0.0658. The minimum Gasteiger partial charge on any atom is -0.370 e. The van der Waals surface area contributed by atoms with E-state index < -0.39 is 0 Å². The topological polar surface area (TPSA) is 64.4 Å². The molecule has 0 radical (unpaired) electrons. The molecule has 0 saturated carbocycles. The molecule has 1 rings (SSSR count). The predicted molar refractivity (Wildman–Crippen MR) is 58.7 cm³/mol. The lowest BCUT2D eigenvalue weighted by atomic mass is 10.2. The van der Waals surface area contributed by atoms with E-state index in [1.54, 1.807) is 6.07 Å². The number of benzene rings is 1. The van der Waals surface area contributed by atoms with E-state index in [-0.39, 0.29) is 5.96 Å². The standard InChI is InChI=1S/C8H9BrClN3/c9-6-1-2-7(10)5(3-6)4-13-8(11)12/h1-3H,4H2,(H4,11,12,13). The van der Waals surface area contributed by atoms with Gasteiger partial charge in [0.15, 0.2) is 5.96 Å². The molecule has 0 bridgehead atoms. The van der Waals surface area contributed by atoms with E-state index in [2.05, 4.69) is 20.9 Å². The van der Waals surface area contributed by atoms with E-state index in [0.29, 0.717) is 11.6 Å². The molecule has 4 N–H and O–H groups in total. The van der Waals surface area contributed by atoms with Crippen LogP contribution in [0.25, 0.3) is 0 Å². The molecule has 5 heteroatoms. The van der Waals surface area contributed by atoms with Crippen LogP contribution in [-0.4, -0.2) is 5.96 Å². The van der Waals surface area contributed by atoms with Crippen LogP contribution in [0.15, 0.2) is 27.7 Å². The smallest absolute Gasteiger partial charge is 0.186 e. The molecule has 0 saturated heterocycles. The van der Waals surface area contributed by atoms with Crippen LogP contribution in [0, 0.1) is 0 Å². The van der Waals surface area contributed by atoms with Crippen molar-refractivity contribution < 1.29 is 0 Å². The Morgan fingerprint density at radius 3 is 2.77 bits per heavy atom. The van der Waals surface area contributed by atoms with E-state index >= 15 is 0 Å². The highest BCUT2D eigenvalue weighted by Gasteiger charge is 1.99. The van der Waals surface area contributed by atoms with Crippen molar-refractivity contribution in [3.8, 4) is 0 Å². The average Bonchev–Trinajstić information content (AvgIpc) is 2.06. The zero-order valence-electron chi connectivity index (χ0n) is 6.80. The fourth-order valence-corrected chi connectivity index (χ4v) is 1.43. The molecule has 0 unspecified atom stereocenters. The first-order chi connectivity index (χ1) is 6.09. The van der Waals surface area contributed by atoms with Crippen LogP contribution >= 0.6 is 27.5 Å². The molecule has 0 fully saturated rings. The molecule has 0 aromatic heterocycles. The molecule has 70 valence electrons. The molecule has 0 spiro atoms. The second kappa shape index (κ2) is 4.48. The number of guanidine groups is 1. The number of nitrogens with zero attached hydrogens (tertiary/aromatic N) is 1. The Morgan fingerprint density at radius 1 is 1.46 bits per heavy atom. The van der Waals surface area contributed by atoms with Crippen LogP contribution in [0.5, 0.6) is 0 Å². The predicted octanol–water partition coefficient (Wildman–Crippen LogP) is 1.88. The Bertz CT molecular complexity index is 334. The highest BCUT2D eigenvalue weighted by Crippen LogP contribution is 2.21. The van der Waals surface area contributed by atoms with Crippen molar-refractivity contribution in [2.24, 2.45) is 16.5 Å². The van der Waals surface area contributed by atoms with Gasteiger partial charge >= 0.3 is 0 Å². The zero-order valence-corrected chi connectivity index (χ0v) is 9.14. The third-order valence-electron chi connectivity index (χ3n) is 1.44. The second-order valence-corrected chi connectivity index (χ2v) is 3.80. The highest BCUT2D eigenvalue weighted by atomic mass is 79.9. The van der Waals surface area contributed by atoms with Crippen molar-refractivity contribution in [2.75, 3.05) is 0 Å². The van der Waals surface area contributed by atoms with Gasteiger partial charge in [-0.2, -0.15) is 0 Å². The van der Waals surface area contributed by atoms with E-state index in [0.717, 1.165) is 10.0 Å². The molecule has 13 heavy (non-hydrogen) atoms. The van der Waals surface area contributed by atoms with Crippen molar-refractivity contribution in [1.82, 2.24) is 0 Å². The molecular weight excluding hydrogens is 253 g/mol. The maximum atomic E-state index is 5.91. The number of aliphatic imine (C=N–C) groups is 1. The summed E-state index contributed by atoms with van der Waals surface area (Å²) in [5, 5.41) is 0.660. The Hall–Kier alpha value is -0.740. The van der Waals surface area contributed by atoms with Crippen LogP contribution < -0.4 is 11.5 Å². The van der Waals surface area contributed by atoms with Crippen molar-refractivity contribution in [3.05, 3.63) is 33.3 Å². The van der Waals surface area contributed by atoms with E-state index in [1.807, 2.05) is 12.1 Å². The van der Waals surface area contributed by atoms with Crippen molar-refractivity contribution in [1.29, 1.82) is 0 Å². The van der Waals surface area contributed by atoms with E-state index in [4.69, 9.17) is 23.1 Å². The van der Waals surface area contributed by atoms with Crippen LogP contribution in [0.1, 0.15) is 5.56 Å². The first-order valence-corrected chi connectivity index (χ1v) is 4.76. The number of nitrogens with two attached hydrogens (primary N) is 2. The van der Waals surface area contributed by atoms with Crippen LogP contribution in [0.4, 0.5) is 0 Å². The number of halogens is 2. The summed E-state index contributed by atoms with van der Waals surface area (Å²) in [6.07, 6.45) is 0. The molecule has 0 aliphatic heterocycles. The molecule has 1 aromatic carbocycles. The summed E-state index contributed by atoms with van der Waals surface area (Å²) in [7, 11) is 0. The van der Waals surface area contributed by atoms with Gasteiger partial charge in [-0.25, -0.2) is 4.99 Å². The first kappa shape index (κ1) is 10.3. The number of rotatable bonds is 2. The fraction of sp³-hybridized carbons (Fsp3) is 0.125. The van der Waals surface area contributed by atoms with Gasteiger partial charge in [-0.15, -0.1) is 0 Å². The quantitative estimate of drug-likeness (QED) is 0.631. The summed E-state index contributed by atoms with van der Waals surface area (Å²) in [5.41, 5.74) is 11.3. The Labute approximate surface area is 89.9 Å². The normalized spacial score (nSPS) is 9.69. The van der Waals surface area contributed by atoms with Gasteiger partial charge in [0, 0.05) is 9.50 Å². The van der Waals surface area contributed by atoms with Gasteiger partial charge in [-0.05, 0) is 23.8 Å². The second-order valence-electron chi connectivity index (χ2n) is 2.48. The Balaban J connectivity index is 2.87. The molecule has 1 aromatic rings. The third-order valence-corrected chi connectivity index (χ3v) is 2.30. The van der Waals surface area contributed by atoms with Gasteiger partial charge in [0.2, 0.25) is 0 Å². The van der Waals surface area contributed by atoms with Crippen LogP contribution in [0.3, 0.4) is 0 Å². The van der Waals surface area contributed by atoms with Crippen molar-refractivity contribution in [3.63, 3.8) is 0 Å². The first-order valence-electron chi connectivity index (χ1n) is 3.59. The summed E-state index contributed by atoms with van der Waals surface area (Å²) in [4.78, 5) is 3.86. The lowest BCUT2D eigenvalue weighted by molar-refractivity contribution is 1.05. The van der Waals surface area contributed by atoms with E-state index in [9.17, 15) is 0 Å². The largest absolute Gasteiger partial charge is 0.370 e. The van der Waals surface area contributed by atoms with Crippen LogP contribution in [-0.2, 0) is 6.54 Å². The molecule has 0 atom stereocenters. The molecule has 0 heterocycles. The minimum atomic E-state index is 0.0658. The van der Waals surface area contributed by atoms with Crippen LogP contribution in [0.2, 0.25) is 5.02 Å². The highest BCUT2D eigenvalue weighted by molar-refractivity contribution is 9.10. The van der Waals surface area contributed by atoms with Gasteiger partial charge in [0.05, 0.1) is 6.54 Å². The van der Waals surface area contributed by atoms with Gasteiger partial charge in [-0.1, -0.05) is 27.5 Å². The van der Waals surface area contributed by atoms with Crippen molar-refractivity contribution >= 4 is 33.5 Å². The molecule has 0 amide bonds. The van der Waals surface area contributed by atoms with Gasteiger partial charge < -0.3 is 11.5 Å². The van der Waals surface area contributed by atoms with Gasteiger partial charge in [0.25, 0.3) is 0 Å². The van der Waals surface area contributed by atoms with E-state index in [1.165, 1.54) is 0 Å². The fourth-order valence-electron chi connectivity index (χ4n) is 0.841. The maximum absolute atomic E-state index is 5.91. The summed E-state index contributed by atoms with van der Waals surface area (Å²) < 4.78 is 0.956. The van der Waals surface area contributed by atoms with Gasteiger partial charge in [0.1, 0.15) is 0 Å². The van der Waals surface area contributed by atoms with Gasteiger partial charge in [-0.3, -0.25) is 0 Å². The average molecular weight is 263 g/mol. The lowest BCUT2D eigenvalue weighted by Crippen LogP contribution is -2.22. The SMILES string of the molecule is NC(N)=NCc1cc(Br)ccc1Cl. The zero-order chi connectivity index (χ0) is 9.84. The number of hydrogen-bond donors (Lipinski definition) is 2.